The fraction of sp³-hybridized carbons (Fsp3) is 0.235. The Labute approximate surface area is 276 Å². The van der Waals surface area contributed by atoms with Crippen LogP contribution in [0.4, 0.5) is 29.2 Å². The number of hydrogen-bond acceptors (Lipinski definition) is 9. The minimum Gasteiger partial charge on any atom is -0.489 e. The van der Waals surface area contributed by atoms with Gasteiger partial charge < -0.3 is 26.2 Å². The molecule has 5 aromatic rings. The zero-order chi connectivity index (χ0) is 35.1. The molecule has 252 valence electrons. The van der Waals surface area contributed by atoms with E-state index >= 15 is 0 Å². The molecule has 0 saturated heterocycles. The molecule has 2 atom stereocenters. The van der Waals surface area contributed by atoms with E-state index in [-0.39, 0.29) is 47.1 Å². The molecule has 0 radical (unpaired) electrons. The summed E-state index contributed by atoms with van der Waals surface area (Å²) in [7, 11) is 0. The van der Waals surface area contributed by atoms with Gasteiger partial charge in [-0.05, 0) is 73.5 Å². The van der Waals surface area contributed by atoms with E-state index in [0.717, 1.165) is 23.8 Å². The number of halogens is 4. The van der Waals surface area contributed by atoms with Gasteiger partial charge in [0.2, 0.25) is 17.5 Å². The molecule has 3 aromatic heterocycles. The molecule has 0 saturated carbocycles. The molecule has 11 nitrogen and oxygen atoms in total. The molecule has 15 heteroatoms. The third-order valence-electron chi connectivity index (χ3n) is 8.54. The Balaban J connectivity index is 1.42. The van der Waals surface area contributed by atoms with Crippen LogP contribution in [0.2, 0.25) is 0 Å². The standard InChI is InChI=1S/C34H29F4N7O4/c1-3-32(30(39)47)17-49-28-23(32)14-25(45-27(28)19-5-7-22(35)8-6-19)33(48,34(36,37)38)16-43-29(46)21-12-20-11-18(2)15-42-26(20)24(13-21)44-31-40-9-4-10-41-31/h4-15,48H,3,16-17H2,1-2H3,(H2,39,47)(H,43,46)(H,40,41,44)/t32-,33-/m0/s1. The summed E-state index contributed by atoms with van der Waals surface area (Å²) < 4.78 is 64.3. The minimum absolute atomic E-state index is 0.0166. The number of hydrogen-bond donors (Lipinski definition) is 4. The average molecular weight is 676 g/mol. The fourth-order valence-corrected chi connectivity index (χ4v) is 5.71. The molecule has 0 unspecified atom stereocenters. The summed E-state index contributed by atoms with van der Waals surface area (Å²) in [4.78, 5) is 43.0. The molecule has 2 aromatic carbocycles. The summed E-state index contributed by atoms with van der Waals surface area (Å²) in [5, 5.41) is 17.1. The highest BCUT2D eigenvalue weighted by Gasteiger charge is 2.58. The number of ether oxygens (including phenoxy) is 1. The summed E-state index contributed by atoms with van der Waals surface area (Å²) >= 11 is 0. The number of benzene rings is 2. The number of aromatic nitrogens is 4. The van der Waals surface area contributed by atoms with Crippen LogP contribution in [0.5, 0.6) is 5.75 Å². The van der Waals surface area contributed by atoms with Crippen LogP contribution in [0.15, 0.2) is 73.2 Å². The van der Waals surface area contributed by atoms with Gasteiger partial charge in [-0.1, -0.05) is 6.92 Å². The number of primary amides is 1. The van der Waals surface area contributed by atoms with Crippen LogP contribution in [0, 0.1) is 12.7 Å². The second kappa shape index (κ2) is 12.4. The Morgan fingerprint density at radius 1 is 1.06 bits per heavy atom. The molecule has 49 heavy (non-hydrogen) atoms. The van der Waals surface area contributed by atoms with E-state index in [1.54, 1.807) is 32.2 Å². The number of carbonyl (C=O) groups is 2. The van der Waals surface area contributed by atoms with E-state index in [1.165, 1.54) is 36.7 Å². The molecular weight excluding hydrogens is 646 g/mol. The lowest BCUT2D eigenvalue weighted by Crippen LogP contribution is -2.52. The predicted octanol–water partition coefficient (Wildman–Crippen LogP) is 4.98. The molecule has 6 rings (SSSR count). The lowest BCUT2D eigenvalue weighted by molar-refractivity contribution is -0.265. The SMILES string of the molecule is CC[C@]1(C(N)=O)COc2c1cc([C@@](O)(CNC(=O)c1cc(Nc3ncccn3)c3ncc(C)cc3c1)C(F)(F)F)nc2-c1ccc(F)cc1. The normalized spacial score (nSPS) is 16.8. The van der Waals surface area contributed by atoms with Gasteiger partial charge in [0.05, 0.1) is 23.4 Å². The number of amides is 2. The van der Waals surface area contributed by atoms with Crippen LogP contribution in [-0.2, 0) is 15.8 Å². The zero-order valence-electron chi connectivity index (χ0n) is 26.1. The van der Waals surface area contributed by atoms with Crippen molar-refractivity contribution in [2.45, 2.75) is 37.5 Å². The van der Waals surface area contributed by atoms with Crippen molar-refractivity contribution in [1.29, 1.82) is 0 Å². The maximum Gasteiger partial charge on any atom is 0.424 e. The van der Waals surface area contributed by atoms with Crippen molar-refractivity contribution in [3.05, 3.63) is 101 Å². The maximum absolute atomic E-state index is 14.9. The second-order valence-electron chi connectivity index (χ2n) is 11.7. The Kier molecular flexibility index (Phi) is 8.40. The number of alkyl halides is 3. The summed E-state index contributed by atoms with van der Waals surface area (Å²) in [5.41, 5.74) is 0.952. The number of nitrogens with one attached hydrogen (secondary N) is 2. The fourth-order valence-electron chi connectivity index (χ4n) is 5.71. The van der Waals surface area contributed by atoms with Crippen LogP contribution in [-0.4, -0.2) is 56.2 Å². The van der Waals surface area contributed by atoms with E-state index in [2.05, 4.69) is 30.6 Å². The molecule has 1 aliphatic heterocycles. The first kappa shape index (κ1) is 33.2. The third-order valence-corrected chi connectivity index (χ3v) is 8.54. The smallest absolute Gasteiger partial charge is 0.424 e. The Hall–Kier alpha value is -5.70. The molecule has 0 spiro atoms. The Morgan fingerprint density at radius 2 is 1.78 bits per heavy atom. The predicted molar refractivity (Wildman–Crippen MR) is 170 cm³/mol. The van der Waals surface area contributed by atoms with Crippen molar-refractivity contribution in [3.63, 3.8) is 0 Å². The molecular formula is C34H29F4N7O4. The first-order valence-corrected chi connectivity index (χ1v) is 15.0. The van der Waals surface area contributed by atoms with Crippen LogP contribution in [0.1, 0.15) is 40.5 Å². The van der Waals surface area contributed by atoms with Crippen molar-refractivity contribution >= 4 is 34.4 Å². The molecule has 1 aliphatic rings. The van der Waals surface area contributed by atoms with Gasteiger partial charge in [0.1, 0.15) is 29.3 Å². The molecule has 2 amide bonds. The van der Waals surface area contributed by atoms with Gasteiger partial charge in [-0.15, -0.1) is 0 Å². The molecule has 0 fully saturated rings. The van der Waals surface area contributed by atoms with Crippen LogP contribution in [0.25, 0.3) is 22.2 Å². The Morgan fingerprint density at radius 3 is 2.43 bits per heavy atom. The highest BCUT2D eigenvalue weighted by Crippen LogP contribution is 2.49. The topological polar surface area (TPSA) is 165 Å². The summed E-state index contributed by atoms with van der Waals surface area (Å²) in [5.74, 6) is -2.25. The number of nitrogens with zero attached hydrogens (tertiary/aromatic N) is 4. The number of nitrogens with two attached hydrogens (primary N) is 1. The molecule has 0 aliphatic carbocycles. The minimum atomic E-state index is -5.38. The van der Waals surface area contributed by atoms with Crippen LogP contribution >= 0.6 is 0 Å². The monoisotopic (exact) mass is 675 g/mol. The molecule has 0 bridgehead atoms. The average Bonchev–Trinajstić information content (AvgIpc) is 3.47. The van der Waals surface area contributed by atoms with Crippen molar-refractivity contribution in [2.24, 2.45) is 5.73 Å². The highest BCUT2D eigenvalue weighted by atomic mass is 19.4. The van der Waals surface area contributed by atoms with Crippen LogP contribution in [0.3, 0.4) is 0 Å². The summed E-state index contributed by atoms with van der Waals surface area (Å²) in [6.07, 6.45) is -0.715. The summed E-state index contributed by atoms with van der Waals surface area (Å²) in [6, 6.07) is 11.8. The van der Waals surface area contributed by atoms with Gasteiger partial charge >= 0.3 is 6.18 Å². The van der Waals surface area contributed by atoms with Crippen LogP contribution < -0.4 is 21.1 Å². The number of aryl methyl sites for hydroxylation is 1. The van der Waals surface area contributed by atoms with Gasteiger partial charge in [0, 0.05) is 40.7 Å². The van der Waals surface area contributed by atoms with Gasteiger partial charge in [-0.3, -0.25) is 14.6 Å². The van der Waals surface area contributed by atoms with E-state index in [9.17, 15) is 32.3 Å². The third kappa shape index (κ3) is 5.97. The first-order valence-electron chi connectivity index (χ1n) is 15.0. The van der Waals surface area contributed by atoms with E-state index in [1.807, 2.05) is 0 Å². The summed E-state index contributed by atoms with van der Waals surface area (Å²) in [6.45, 7) is 1.76. The second-order valence-corrected chi connectivity index (χ2v) is 11.7. The van der Waals surface area contributed by atoms with E-state index in [0.29, 0.717) is 16.6 Å². The lowest BCUT2D eigenvalue weighted by atomic mass is 9.78. The number of rotatable bonds is 9. The number of aliphatic hydroxyl groups is 1. The zero-order valence-corrected chi connectivity index (χ0v) is 26.1. The van der Waals surface area contributed by atoms with Crippen molar-refractivity contribution in [1.82, 2.24) is 25.3 Å². The number of carbonyl (C=O) groups excluding carboxylic acids is 2. The van der Waals surface area contributed by atoms with Gasteiger partial charge in [0.25, 0.3) is 5.91 Å². The van der Waals surface area contributed by atoms with Crippen molar-refractivity contribution in [3.8, 4) is 17.0 Å². The number of fused-ring (bicyclic) bond motifs is 2. The van der Waals surface area contributed by atoms with Gasteiger partial charge in [-0.25, -0.2) is 19.3 Å². The van der Waals surface area contributed by atoms with Crippen molar-refractivity contribution in [2.75, 3.05) is 18.5 Å². The van der Waals surface area contributed by atoms with Gasteiger partial charge in [-0.2, -0.15) is 13.2 Å². The molecule has 5 N–H and O–H groups in total. The number of anilines is 2. The number of pyridine rings is 2. The molecule has 4 heterocycles. The lowest BCUT2D eigenvalue weighted by Gasteiger charge is -2.32. The first-order chi connectivity index (χ1) is 23.3. The Bertz CT molecular complexity index is 2080. The van der Waals surface area contributed by atoms with E-state index < -0.39 is 47.1 Å². The highest BCUT2D eigenvalue weighted by molar-refractivity contribution is 6.02. The van der Waals surface area contributed by atoms with Gasteiger partial charge in [0.15, 0.2) is 0 Å². The maximum atomic E-state index is 14.9. The van der Waals surface area contributed by atoms with E-state index in [4.69, 9.17) is 10.5 Å². The quantitative estimate of drug-likeness (QED) is 0.158. The van der Waals surface area contributed by atoms with Crippen molar-refractivity contribution < 1.29 is 37.0 Å². The largest absolute Gasteiger partial charge is 0.489 e.